The number of rotatable bonds is 12. The van der Waals surface area contributed by atoms with Gasteiger partial charge in [0.2, 0.25) is 29.4 Å². The molecule has 0 amide bonds. The van der Waals surface area contributed by atoms with Crippen LogP contribution < -0.4 is 30.3 Å². The summed E-state index contributed by atoms with van der Waals surface area (Å²) in [6, 6.07) is 33.0. The summed E-state index contributed by atoms with van der Waals surface area (Å²) in [6.07, 6.45) is 0. The molecule has 0 fully saturated rings. The van der Waals surface area contributed by atoms with E-state index < -0.39 is 5.82 Å². The van der Waals surface area contributed by atoms with Crippen LogP contribution in [0.2, 0.25) is 0 Å². The van der Waals surface area contributed by atoms with Crippen molar-refractivity contribution < 1.29 is 23.3 Å². The Morgan fingerprint density at radius 2 is 0.950 bits per heavy atom. The van der Waals surface area contributed by atoms with Crippen molar-refractivity contribution in [2.45, 2.75) is 34.0 Å². The van der Waals surface area contributed by atoms with Crippen molar-refractivity contribution in [2.75, 3.05) is 0 Å². The molecule has 0 saturated heterocycles. The molecular formula is C42H38FN11O6. The van der Waals surface area contributed by atoms with Crippen LogP contribution in [-0.4, -0.2) is 54.5 Å². The molecule has 0 radical (unpaired) electrons. The molecule has 0 saturated carbocycles. The van der Waals surface area contributed by atoms with Crippen LogP contribution in [0.1, 0.15) is 27.9 Å². The molecular weight excluding hydrogens is 774 g/mol. The Morgan fingerprint density at radius 3 is 1.43 bits per heavy atom. The third-order valence-electron chi connectivity index (χ3n) is 8.92. The number of nitrogens with zero attached hydrogens (tertiary/aromatic N) is 11. The second-order valence-corrected chi connectivity index (χ2v) is 13.2. The molecule has 60 heavy (non-hydrogen) atoms. The van der Waals surface area contributed by atoms with Gasteiger partial charge in [-0.25, -0.2) is 19.0 Å². The van der Waals surface area contributed by atoms with E-state index in [9.17, 15) is 14.0 Å². The molecule has 0 aliphatic carbocycles. The first-order chi connectivity index (χ1) is 29.0. The number of aryl methyl sites for hydroxylation is 5. The summed E-state index contributed by atoms with van der Waals surface area (Å²) >= 11 is 0. The average molecular weight is 812 g/mol. The Balaban J connectivity index is 0.000000181. The third-order valence-corrected chi connectivity index (χ3v) is 8.92. The summed E-state index contributed by atoms with van der Waals surface area (Å²) in [6.45, 7) is 6.09. The van der Waals surface area contributed by atoms with Gasteiger partial charge in [0.15, 0.2) is 11.6 Å². The van der Waals surface area contributed by atoms with Gasteiger partial charge in [0.1, 0.15) is 13.2 Å². The predicted molar refractivity (Wildman–Crippen MR) is 215 cm³/mol. The van der Waals surface area contributed by atoms with Gasteiger partial charge in [-0.1, -0.05) is 54.6 Å². The molecule has 304 valence electrons. The summed E-state index contributed by atoms with van der Waals surface area (Å²) in [7, 11) is 3.08. The van der Waals surface area contributed by atoms with Crippen LogP contribution in [0.3, 0.4) is 0 Å². The normalized spacial score (nSPS) is 10.8. The van der Waals surface area contributed by atoms with Gasteiger partial charge >= 0.3 is 11.4 Å². The minimum Gasteiger partial charge on any atom is -0.473 e. The van der Waals surface area contributed by atoms with Crippen molar-refractivity contribution in [3.05, 3.63) is 170 Å². The van der Waals surface area contributed by atoms with Crippen LogP contribution in [0.4, 0.5) is 4.39 Å². The maximum absolute atomic E-state index is 13.8. The number of hydrogen-bond acceptors (Lipinski definition) is 13. The predicted octanol–water partition coefficient (Wildman–Crippen LogP) is 5.92. The van der Waals surface area contributed by atoms with Gasteiger partial charge in [0.05, 0.1) is 11.4 Å². The van der Waals surface area contributed by atoms with E-state index in [1.165, 1.54) is 33.2 Å². The molecule has 8 rings (SSSR count). The Bertz CT molecular complexity index is 2890. The minimum absolute atomic E-state index is 0.0744. The van der Waals surface area contributed by atoms with Gasteiger partial charge in [-0.15, -0.1) is 0 Å². The van der Waals surface area contributed by atoms with Crippen molar-refractivity contribution in [3.8, 4) is 46.5 Å². The smallest absolute Gasteiger partial charge is 0.368 e. The molecule has 17 nitrogen and oxygen atoms in total. The second kappa shape index (κ2) is 18.1. The van der Waals surface area contributed by atoms with Gasteiger partial charge in [0.25, 0.3) is 0 Å². The van der Waals surface area contributed by atoms with Gasteiger partial charge in [-0.2, -0.15) is 28.7 Å². The highest BCUT2D eigenvalue weighted by Crippen LogP contribution is 2.26. The standard InChI is InChI=1S/C21H18FN5O3.C21H20N6O3/c1-14-7-5-9-17(27-21(28)26(2)24-25-27)15(14)13-29-19-11-6-12-20(23-19)30-18-10-4-3-8-16(18)22;1-14-7-4-9-17(27-21(28)26(3)24-25-27)16(14)13-29-18-10-6-12-20(23-18)30-19-11-5-8-15(2)22-19/h3-12H,13H2,1-2H3;4-12H,13H2,1-3H3. The number of pyridine rings is 3. The Kier molecular flexibility index (Phi) is 12.1. The zero-order chi connectivity index (χ0) is 42.2. The van der Waals surface area contributed by atoms with Crippen molar-refractivity contribution in [1.29, 1.82) is 0 Å². The number of aromatic nitrogens is 11. The van der Waals surface area contributed by atoms with E-state index in [0.717, 1.165) is 32.6 Å². The fraction of sp³-hybridized carbons (Fsp3) is 0.167. The van der Waals surface area contributed by atoms with Crippen LogP contribution in [0.15, 0.2) is 125 Å². The SMILES string of the molecule is Cc1cccc(-n2nnn(C)c2=O)c1COc1cccc(Oc2ccccc2F)n1.Cc1cccc(Oc2cccc(OCc3c(C)cccc3-n3nnn(C)c3=O)n2)n1. The summed E-state index contributed by atoms with van der Waals surface area (Å²) in [5.41, 5.74) is 4.81. The van der Waals surface area contributed by atoms with Crippen molar-refractivity contribution in [3.63, 3.8) is 0 Å². The molecule has 8 aromatic rings. The highest BCUT2D eigenvalue weighted by Gasteiger charge is 2.16. The van der Waals surface area contributed by atoms with Crippen LogP contribution in [0.5, 0.6) is 35.1 Å². The molecule has 5 heterocycles. The highest BCUT2D eigenvalue weighted by atomic mass is 19.1. The molecule has 0 N–H and O–H groups in total. The molecule has 18 heteroatoms. The maximum atomic E-state index is 13.8. The van der Waals surface area contributed by atoms with E-state index >= 15 is 0 Å². The first kappa shape index (κ1) is 40.2. The van der Waals surface area contributed by atoms with Gasteiger partial charge in [-0.3, -0.25) is 0 Å². The Morgan fingerprint density at radius 1 is 0.500 bits per heavy atom. The van der Waals surface area contributed by atoms with Gasteiger partial charge < -0.3 is 18.9 Å². The maximum Gasteiger partial charge on any atom is 0.368 e. The zero-order valence-electron chi connectivity index (χ0n) is 33.1. The van der Waals surface area contributed by atoms with Crippen LogP contribution >= 0.6 is 0 Å². The average Bonchev–Trinajstić information content (AvgIpc) is 3.76. The lowest BCUT2D eigenvalue weighted by Crippen LogP contribution is -2.23. The number of halogens is 1. The van der Waals surface area contributed by atoms with E-state index in [-0.39, 0.29) is 36.2 Å². The van der Waals surface area contributed by atoms with E-state index in [1.54, 1.807) is 73.8 Å². The largest absolute Gasteiger partial charge is 0.473 e. The number of tetrazole rings is 2. The minimum atomic E-state index is -0.482. The Labute approximate surface area is 341 Å². The second-order valence-electron chi connectivity index (χ2n) is 13.2. The molecule has 0 atom stereocenters. The highest BCUT2D eigenvalue weighted by molar-refractivity contribution is 5.46. The number of hydrogen-bond donors (Lipinski definition) is 0. The van der Waals surface area contributed by atoms with Gasteiger partial charge in [-0.05, 0) is 83.1 Å². The summed E-state index contributed by atoms with van der Waals surface area (Å²) < 4.78 is 41.6. The number of benzene rings is 3. The molecule has 5 aromatic heterocycles. The summed E-state index contributed by atoms with van der Waals surface area (Å²) in [5.74, 6) is 1.32. The fourth-order valence-electron chi connectivity index (χ4n) is 5.76. The van der Waals surface area contributed by atoms with Crippen LogP contribution in [0.25, 0.3) is 11.4 Å². The molecule has 3 aromatic carbocycles. The Hall–Kier alpha value is -8.02. The van der Waals surface area contributed by atoms with Crippen LogP contribution in [-0.2, 0) is 27.3 Å². The lowest BCUT2D eigenvalue weighted by molar-refractivity contribution is 0.287. The van der Waals surface area contributed by atoms with E-state index in [0.29, 0.717) is 34.9 Å². The van der Waals surface area contributed by atoms with E-state index in [4.69, 9.17) is 18.9 Å². The van der Waals surface area contributed by atoms with Crippen molar-refractivity contribution in [2.24, 2.45) is 14.1 Å². The summed E-state index contributed by atoms with van der Waals surface area (Å²) in [4.78, 5) is 37.5. The topological polar surface area (TPSA) is 181 Å². The first-order valence-corrected chi connectivity index (χ1v) is 18.4. The van der Waals surface area contributed by atoms with Crippen LogP contribution in [0, 0.1) is 26.6 Å². The molecule has 0 aliphatic rings. The summed E-state index contributed by atoms with van der Waals surface area (Å²) in [5, 5.41) is 15.4. The zero-order valence-corrected chi connectivity index (χ0v) is 33.1. The fourth-order valence-corrected chi connectivity index (χ4v) is 5.76. The van der Waals surface area contributed by atoms with E-state index in [2.05, 4.69) is 35.8 Å². The molecule has 0 unspecified atom stereocenters. The molecule has 0 spiro atoms. The number of para-hydroxylation sites is 1. The lowest BCUT2D eigenvalue weighted by Gasteiger charge is -2.13. The van der Waals surface area contributed by atoms with Gasteiger partial charge in [0, 0.05) is 61.2 Å². The number of ether oxygens (including phenoxy) is 4. The first-order valence-electron chi connectivity index (χ1n) is 18.4. The monoisotopic (exact) mass is 811 g/mol. The van der Waals surface area contributed by atoms with E-state index in [1.807, 2.05) is 57.2 Å². The van der Waals surface area contributed by atoms with Crippen molar-refractivity contribution in [1.82, 2.24) is 54.5 Å². The molecule has 0 bridgehead atoms. The van der Waals surface area contributed by atoms with Crippen molar-refractivity contribution >= 4 is 0 Å². The molecule has 0 aliphatic heterocycles. The third kappa shape index (κ3) is 9.39. The lowest BCUT2D eigenvalue weighted by atomic mass is 10.1. The quantitative estimate of drug-likeness (QED) is 0.142.